The van der Waals surface area contributed by atoms with E-state index in [4.69, 9.17) is 4.74 Å². The quantitative estimate of drug-likeness (QED) is 0.443. The maximum atomic E-state index is 12.4. The minimum atomic E-state index is -3.65. The third-order valence-corrected chi connectivity index (χ3v) is 6.34. The van der Waals surface area contributed by atoms with Crippen LogP contribution in [0.3, 0.4) is 0 Å². The average Bonchev–Trinajstić information content (AvgIpc) is 3.03. The maximum Gasteiger partial charge on any atom is 0.246 e. The van der Waals surface area contributed by atoms with Crippen LogP contribution in [0.5, 0.6) is 5.75 Å². The molecule has 0 unspecified atom stereocenters. The fourth-order valence-corrected chi connectivity index (χ4v) is 4.98. The van der Waals surface area contributed by atoms with Crippen molar-refractivity contribution in [2.75, 3.05) is 29.0 Å². The topological polar surface area (TPSA) is 101 Å². The molecule has 2 aromatic rings. The first-order valence-electron chi connectivity index (χ1n) is 8.69. The van der Waals surface area contributed by atoms with Crippen molar-refractivity contribution in [3.05, 3.63) is 24.3 Å². The number of thioether (sulfide) groups is 1. The summed E-state index contributed by atoms with van der Waals surface area (Å²) in [5.41, 5.74) is 0.384. The van der Waals surface area contributed by atoms with Crippen molar-refractivity contribution in [1.82, 2.24) is 10.2 Å². The van der Waals surface area contributed by atoms with Crippen LogP contribution in [0.25, 0.3) is 0 Å². The summed E-state index contributed by atoms with van der Waals surface area (Å²) < 4.78 is 31.7. The number of carbonyl (C=O) groups excluding carboxylic acids is 1. The lowest BCUT2D eigenvalue weighted by molar-refractivity contribution is -0.114. The van der Waals surface area contributed by atoms with E-state index >= 15 is 0 Å². The molecule has 1 heterocycles. The highest BCUT2D eigenvalue weighted by Gasteiger charge is 2.22. The van der Waals surface area contributed by atoms with Gasteiger partial charge in [0, 0.05) is 5.25 Å². The van der Waals surface area contributed by atoms with Crippen LogP contribution in [0.4, 0.5) is 10.8 Å². The number of sulfonamides is 1. The number of nitrogens with one attached hydrogen (secondary N) is 1. The molecule has 11 heteroatoms. The molecule has 0 bridgehead atoms. The lowest BCUT2D eigenvalue weighted by Crippen LogP contribution is -2.37. The SMILES string of the molecule is CCCOc1ccc(N(CC(=O)Nc2nnc(SC(C)C)s2)S(C)(=O)=O)cc1. The number of anilines is 2. The molecule has 0 radical (unpaired) electrons. The number of hydrogen-bond donors (Lipinski definition) is 1. The molecule has 0 spiro atoms. The molecule has 2 rings (SSSR count). The molecule has 0 atom stereocenters. The fraction of sp³-hybridized carbons (Fsp3) is 0.471. The van der Waals surface area contributed by atoms with Crippen LogP contribution in [0.2, 0.25) is 0 Å². The molecule has 0 saturated heterocycles. The molecule has 1 aromatic carbocycles. The number of rotatable bonds is 10. The van der Waals surface area contributed by atoms with Gasteiger partial charge in [-0.3, -0.25) is 14.4 Å². The van der Waals surface area contributed by atoms with Gasteiger partial charge in [0.2, 0.25) is 21.1 Å². The molecule has 28 heavy (non-hydrogen) atoms. The van der Waals surface area contributed by atoms with Gasteiger partial charge in [-0.05, 0) is 30.7 Å². The van der Waals surface area contributed by atoms with Gasteiger partial charge in [-0.15, -0.1) is 10.2 Å². The van der Waals surface area contributed by atoms with Gasteiger partial charge in [0.05, 0.1) is 18.6 Å². The Morgan fingerprint density at radius 2 is 1.96 bits per heavy atom. The Bertz CT molecular complexity index is 882. The summed E-state index contributed by atoms with van der Waals surface area (Å²) in [6, 6.07) is 6.59. The van der Waals surface area contributed by atoms with Gasteiger partial charge in [-0.25, -0.2) is 8.42 Å². The minimum Gasteiger partial charge on any atom is -0.494 e. The molecular weight excluding hydrogens is 420 g/mol. The van der Waals surface area contributed by atoms with E-state index in [9.17, 15) is 13.2 Å². The first kappa shape index (κ1) is 22.4. The second-order valence-corrected chi connectivity index (χ2v) is 10.9. The number of ether oxygens (including phenoxy) is 1. The molecule has 0 aliphatic heterocycles. The molecule has 0 fully saturated rings. The number of benzene rings is 1. The van der Waals surface area contributed by atoms with Gasteiger partial charge in [0.15, 0.2) is 4.34 Å². The van der Waals surface area contributed by atoms with Crippen molar-refractivity contribution in [3.63, 3.8) is 0 Å². The zero-order valence-electron chi connectivity index (χ0n) is 16.2. The predicted molar refractivity (Wildman–Crippen MR) is 114 cm³/mol. The zero-order valence-corrected chi connectivity index (χ0v) is 18.7. The first-order chi connectivity index (χ1) is 13.2. The average molecular weight is 445 g/mol. The van der Waals surface area contributed by atoms with Crippen LogP contribution in [0.1, 0.15) is 27.2 Å². The number of carbonyl (C=O) groups is 1. The molecule has 154 valence electrons. The Balaban J connectivity index is 2.07. The van der Waals surface area contributed by atoms with Gasteiger partial charge in [-0.2, -0.15) is 0 Å². The summed E-state index contributed by atoms with van der Waals surface area (Å²) in [6.45, 7) is 6.29. The molecule has 1 amide bonds. The molecule has 0 aliphatic carbocycles. The molecule has 0 saturated carbocycles. The number of hydrogen-bond acceptors (Lipinski definition) is 8. The Hall–Kier alpha value is -1.85. The normalized spacial score (nSPS) is 11.5. The van der Waals surface area contributed by atoms with E-state index in [0.717, 1.165) is 21.3 Å². The minimum absolute atomic E-state index is 0.338. The summed E-state index contributed by atoms with van der Waals surface area (Å²) >= 11 is 2.80. The summed E-state index contributed by atoms with van der Waals surface area (Å²) in [4.78, 5) is 12.4. The monoisotopic (exact) mass is 444 g/mol. The molecule has 8 nitrogen and oxygen atoms in total. The van der Waals surface area contributed by atoms with Crippen LogP contribution in [-0.4, -0.2) is 49.2 Å². The Kier molecular flexibility index (Phi) is 8.08. The standard InChI is InChI=1S/C17H24N4O4S3/c1-5-10-25-14-8-6-13(7-9-14)21(28(4,23)24)11-15(22)18-16-19-20-17(27-16)26-12(2)3/h6-9,12H,5,10-11H2,1-4H3,(H,18,19,22). The zero-order chi connectivity index (χ0) is 20.7. The molecule has 1 aromatic heterocycles. The molecule has 0 aliphatic rings. The fourth-order valence-electron chi connectivity index (χ4n) is 2.13. The summed E-state index contributed by atoms with van der Waals surface area (Å²) in [5.74, 6) is 0.154. The van der Waals surface area contributed by atoms with Gasteiger partial charge in [0.25, 0.3) is 0 Å². The van der Waals surface area contributed by atoms with Crippen LogP contribution in [-0.2, 0) is 14.8 Å². The van der Waals surface area contributed by atoms with E-state index in [-0.39, 0.29) is 6.54 Å². The number of amides is 1. The van der Waals surface area contributed by atoms with Gasteiger partial charge >= 0.3 is 0 Å². The predicted octanol–water partition coefficient (Wildman–Crippen LogP) is 3.23. The maximum absolute atomic E-state index is 12.4. The van der Waals surface area contributed by atoms with Crippen LogP contribution in [0, 0.1) is 0 Å². The van der Waals surface area contributed by atoms with Crippen LogP contribution < -0.4 is 14.4 Å². The second-order valence-electron chi connectivity index (χ2n) is 6.20. The first-order valence-corrected chi connectivity index (χ1v) is 12.2. The smallest absolute Gasteiger partial charge is 0.246 e. The Morgan fingerprint density at radius 3 is 2.54 bits per heavy atom. The van der Waals surface area contributed by atoms with E-state index in [0.29, 0.717) is 28.4 Å². The highest BCUT2D eigenvalue weighted by Crippen LogP contribution is 2.28. The third-order valence-electron chi connectivity index (χ3n) is 3.27. The largest absolute Gasteiger partial charge is 0.494 e. The highest BCUT2D eigenvalue weighted by atomic mass is 32.2. The lowest BCUT2D eigenvalue weighted by Gasteiger charge is -2.21. The van der Waals surface area contributed by atoms with E-state index in [1.54, 1.807) is 36.0 Å². The Labute approximate surface area is 173 Å². The lowest BCUT2D eigenvalue weighted by atomic mass is 10.3. The summed E-state index contributed by atoms with van der Waals surface area (Å²) in [6.07, 6.45) is 1.94. The summed E-state index contributed by atoms with van der Waals surface area (Å²) in [5, 5.41) is 11.2. The van der Waals surface area contributed by atoms with Crippen molar-refractivity contribution in [3.8, 4) is 5.75 Å². The Morgan fingerprint density at radius 1 is 1.29 bits per heavy atom. The molecular formula is C17H24N4O4S3. The van der Waals surface area contributed by atoms with E-state index in [2.05, 4.69) is 15.5 Å². The van der Waals surface area contributed by atoms with Crippen LogP contribution >= 0.6 is 23.1 Å². The molecule has 1 N–H and O–H groups in total. The van der Waals surface area contributed by atoms with Gasteiger partial charge in [0.1, 0.15) is 12.3 Å². The van der Waals surface area contributed by atoms with E-state index < -0.39 is 15.9 Å². The van der Waals surface area contributed by atoms with E-state index in [1.165, 1.54) is 11.3 Å². The number of nitrogens with zero attached hydrogens (tertiary/aromatic N) is 3. The van der Waals surface area contributed by atoms with Gasteiger partial charge in [-0.1, -0.05) is 43.9 Å². The van der Waals surface area contributed by atoms with Crippen LogP contribution in [0.15, 0.2) is 28.6 Å². The van der Waals surface area contributed by atoms with Crippen molar-refractivity contribution in [2.24, 2.45) is 0 Å². The summed E-state index contributed by atoms with van der Waals surface area (Å²) in [7, 11) is -3.65. The number of aromatic nitrogens is 2. The van der Waals surface area contributed by atoms with Gasteiger partial charge < -0.3 is 4.74 Å². The van der Waals surface area contributed by atoms with Crippen molar-refractivity contribution in [1.29, 1.82) is 0 Å². The van der Waals surface area contributed by atoms with Crippen molar-refractivity contribution in [2.45, 2.75) is 36.8 Å². The highest BCUT2D eigenvalue weighted by molar-refractivity contribution is 8.01. The van der Waals surface area contributed by atoms with Crippen molar-refractivity contribution < 1.29 is 17.9 Å². The third kappa shape index (κ3) is 6.95. The van der Waals surface area contributed by atoms with E-state index in [1.807, 2.05) is 20.8 Å². The second kappa shape index (κ2) is 10.1. The van der Waals surface area contributed by atoms with Crippen molar-refractivity contribution >= 4 is 49.8 Å².